The molecule has 9 nitrogen and oxygen atoms in total. The molecule has 1 aromatic heterocycles. The minimum atomic E-state index is -0.567. The van der Waals surface area contributed by atoms with E-state index >= 15 is 0 Å². The first-order valence-corrected chi connectivity index (χ1v) is 12.9. The molecule has 192 valence electrons. The molecule has 3 heterocycles. The molecular weight excluding hydrogens is 480 g/mol. The van der Waals surface area contributed by atoms with Crippen molar-refractivity contribution >= 4 is 29.2 Å². The van der Waals surface area contributed by atoms with E-state index in [4.69, 9.17) is 9.47 Å². The maximum absolute atomic E-state index is 13.2. The zero-order valence-electron chi connectivity index (χ0n) is 21.0. The van der Waals surface area contributed by atoms with Gasteiger partial charge in [-0.2, -0.15) is 11.3 Å². The van der Waals surface area contributed by atoms with Gasteiger partial charge in [0.25, 0.3) is 5.91 Å². The van der Waals surface area contributed by atoms with Gasteiger partial charge >= 0.3 is 12.0 Å². The number of hydrogen-bond acceptors (Lipinski definition) is 7. The van der Waals surface area contributed by atoms with E-state index in [2.05, 4.69) is 10.2 Å². The summed E-state index contributed by atoms with van der Waals surface area (Å²) >= 11 is 1.51. The lowest BCUT2D eigenvalue weighted by Gasteiger charge is -2.42. The standard InChI is InChI=1S/C26H32N4O5S/c1-5-35-25(32)22-21(28(3)26(33)27-23(22)19-9-12-36-16-19)15-29-10-11-30(17(2)14-29)24(31)18-7-6-8-20(13-18)34-4/h6-9,12-13,16-17,23H,5,10-11,14-15H2,1-4H3,(H,27,33). The third-order valence-electron chi connectivity index (χ3n) is 6.61. The van der Waals surface area contributed by atoms with E-state index in [9.17, 15) is 14.4 Å². The molecule has 4 rings (SSSR count). The van der Waals surface area contributed by atoms with E-state index in [1.807, 2.05) is 40.8 Å². The molecule has 3 amide bonds. The molecule has 0 bridgehead atoms. The topological polar surface area (TPSA) is 91.4 Å². The summed E-state index contributed by atoms with van der Waals surface area (Å²) in [4.78, 5) is 44.6. The minimum Gasteiger partial charge on any atom is -0.497 e. The maximum atomic E-state index is 13.2. The summed E-state index contributed by atoms with van der Waals surface area (Å²) < 4.78 is 10.7. The van der Waals surface area contributed by atoms with Gasteiger partial charge in [-0.3, -0.25) is 14.6 Å². The fourth-order valence-corrected chi connectivity index (χ4v) is 5.39. The number of carbonyl (C=O) groups excluding carboxylic acids is 3. The fraction of sp³-hybridized carbons (Fsp3) is 0.423. The summed E-state index contributed by atoms with van der Waals surface area (Å²) in [7, 11) is 3.25. The number of esters is 1. The average Bonchev–Trinajstić information content (AvgIpc) is 3.41. The van der Waals surface area contributed by atoms with Gasteiger partial charge in [-0.15, -0.1) is 0 Å². The van der Waals surface area contributed by atoms with Gasteiger partial charge in [0.2, 0.25) is 0 Å². The molecule has 2 unspecified atom stereocenters. The van der Waals surface area contributed by atoms with Crippen LogP contribution in [0.5, 0.6) is 5.75 Å². The molecule has 1 saturated heterocycles. The predicted molar refractivity (Wildman–Crippen MR) is 137 cm³/mol. The average molecular weight is 513 g/mol. The second-order valence-electron chi connectivity index (χ2n) is 8.89. The van der Waals surface area contributed by atoms with Gasteiger partial charge in [-0.25, -0.2) is 9.59 Å². The number of piperazine rings is 1. The summed E-state index contributed by atoms with van der Waals surface area (Å²) in [6, 6.07) is 8.18. The molecular formula is C26H32N4O5S. The third-order valence-corrected chi connectivity index (χ3v) is 7.31. The Bertz CT molecular complexity index is 1150. The van der Waals surface area contributed by atoms with Crippen molar-refractivity contribution in [2.24, 2.45) is 0 Å². The Labute approximate surface area is 215 Å². The molecule has 10 heteroatoms. The van der Waals surface area contributed by atoms with Crippen LogP contribution in [-0.4, -0.2) is 85.6 Å². The number of urea groups is 1. The molecule has 1 aromatic carbocycles. The third kappa shape index (κ3) is 5.24. The quantitative estimate of drug-likeness (QED) is 0.574. The zero-order valence-corrected chi connectivity index (χ0v) is 21.8. The van der Waals surface area contributed by atoms with Crippen LogP contribution >= 0.6 is 11.3 Å². The van der Waals surface area contributed by atoms with Crippen LogP contribution in [0.2, 0.25) is 0 Å². The first-order valence-electron chi connectivity index (χ1n) is 12.0. The monoisotopic (exact) mass is 512 g/mol. The first kappa shape index (κ1) is 25.7. The lowest BCUT2D eigenvalue weighted by Crippen LogP contribution is -2.56. The van der Waals surface area contributed by atoms with Crippen molar-refractivity contribution in [1.29, 1.82) is 0 Å². The van der Waals surface area contributed by atoms with Crippen LogP contribution in [0.4, 0.5) is 4.79 Å². The Kier molecular flexibility index (Phi) is 7.95. The molecule has 0 saturated carbocycles. The normalized spacial score (nSPS) is 20.8. The Morgan fingerprint density at radius 3 is 2.69 bits per heavy atom. The largest absolute Gasteiger partial charge is 0.497 e. The molecule has 0 aliphatic carbocycles. The van der Waals surface area contributed by atoms with Gasteiger partial charge < -0.3 is 19.7 Å². The van der Waals surface area contributed by atoms with Crippen LogP contribution in [0.3, 0.4) is 0 Å². The van der Waals surface area contributed by atoms with Crippen molar-refractivity contribution in [2.45, 2.75) is 25.9 Å². The molecule has 0 radical (unpaired) electrons. The van der Waals surface area contributed by atoms with Crippen LogP contribution < -0.4 is 10.1 Å². The number of nitrogens with zero attached hydrogens (tertiary/aromatic N) is 3. The number of thiophene rings is 1. The van der Waals surface area contributed by atoms with Crippen molar-refractivity contribution < 1.29 is 23.9 Å². The summed E-state index contributed by atoms with van der Waals surface area (Å²) in [5, 5.41) is 6.78. The first-order chi connectivity index (χ1) is 17.3. The van der Waals surface area contributed by atoms with Crippen molar-refractivity contribution in [1.82, 2.24) is 20.0 Å². The Hall–Kier alpha value is -3.37. The van der Waals surface area contributed by atoms with Crippen LogP contribution in [0.15, 0.2) is 52.4 Å². The van der Waals surface area contributed by atoms with Crippen molar-refractivity contribution in [2.75, 3.05) is 46.9 Å². The molecule has 1 N–H and O–H groups in total. The van der Waals surface area contributed by atoms with E-state index < -0.39 is 12.0 Å². The number of amides is 3. The second-order valence-corrected chi connectivity index (χ2v) is 9.67. The smallest absolute Gasteiger partial charge is 0.338 e. The van der Waals surface area contributed by atoms with E-state index in [1.165, 1.54) is 16.2 Å². The summed E-state index contributed by atoms with van der Waals surface area (Å²) in [5.74, 6) is 0.166. The van der Waals surface area contributed by atoms with E-state index in [-0.39, 0.29) is 24.6 Å². The van der Waals surface area contributed by atoms with Crippen LogP contribution in [0.1, 0.15) is 35.8 Å². The molecule has 2 atom stereocenters. The summed E-state index contributed by atoms with van der Waals surface area (Å²) in [6.45, 7) is 6.16. The van der Waals surface area contributed by atoms with E-state index in [1.54, 1.807) is 33.2 Å². The lowest BCUT2D eigenvalue weighted by atomic mass is 9.96. The molecule has 0 spiro atoms. The summed E-state index contributed by atoms with van der Waals surface area (Å²) in [6.07, 6.45) is 0. The number of nitrogens with one attached hydrogen (secondary N) is 1. The highest BCUT2D eigenvalue weighted by atomic mass is 32.1. The highest BCUT2D eigenvalue weighted by Crippen LogP contribution is 2.32. The lowest BCUT2D eigenvalue weighted by molar-refractivity contribution is -0.139. The minimum absolute atomic E-state index is 0.0424. The van der Waals surface area contributed by atoms with Gasteiger partial charge in [-0.05, 0) is 54.4 Å². The van der Waals surface area contributed by atoms with Gasteiger partial charge in [-0.1, -0.05) is 6.07 Å². The highest BCUT2D eigenvalue weighted by Gasteiger charge is 2.38. The second kappa shape index (κ2) is 11.1. The van der Waals surface area contributed by atoms with Crippen LogP contribution in [0, 0.1) is 0 Å². The van der Waals surface area contributed by atoms with Gasteiger partial charge in [0.1, 0.15) is 5.75 Å². The Balaban J connectivity index is 1.56. The summed E-state index contributed by atoms with van der Waals surface area (Å²) in [5.41, 5.74) is 2.50. The Morgan fingerprint density at radius 1 is 1.22 bits per heavy atom. The Morgan fingerprint density at radius 2 is 2.03 bits per heavy atom. The fourth-order valence-electron chi connectivity index (χ4n) is 4.70. The van der Waals surface area contributed by atoms with Gasteiger partial charge in [0.05, 0.1) is 25.3 Å². The predicted octanol–water partition coefficient (Wildman–Crippen LogP) is 3.12. The molecule has 2 aliphatic rings. The molecule has 2 aliphatic heterocycles. The van der Waals surface area contributed by atoms with Gasteiger partial charge in [0, 0.05) is 50.5 Å². The molecule has 36 heavy (non-hydrogen) atoms. The van der Waals surface area contributed by atoms with Gasteiger partial charge in [0.15, 0.2) is 0 Å². The van der Waals surface area contributed by atoms with Crippen LogP contribution in [-0.2, 0) is 9.53 Å². The number of rotatable bonds is 7. The number of carbonyl (C=O) groups is 3. The van der Waals surface area contributed by atoms with Crippen LogP contribution in [0.25, 0.3) is 0 Å². The molecule has 2 aromatic rings. The number of hydrogen-bond donors (Lipinski definition) is 1. The van der Waals surface area contributed by atoms with Crippen molar-refractivity contribution in [3.05, 3.63) is 63.5 Å². The number of ether oxygens (including phenoxy) is 2. The van der Waals surface area contributed by atoms with Crippen molar-refractivity contribution in [3.63, 3.8) is 0 Å². The number of benzene rings is 1. The number of methoxy groups -OCH3 is 1. The SMILES string of the molecule is CCOC(=O)C1=C(CN2CCN(C(=O)c3cccc(OC)c3)C(C)C2)N(C)C(=O)NC1c1ccsc1. The van der Waals surface area contributed by atoms with Crippen molar-refractivity contribution in [3.8, 4) is 5.75 Å². The van der Waals surface area contributed by atoms with E-state index in [0.29, 0.717) is 48.8 Å². The molecule has 1 fully saturated rings. The maximum Gasteiger partial charge on any atom is 0.338 e. The highest BCUT2D eigenvalue weighted by molar-refractivity contribution is 7.08. The zero-order chi connectivity index (χ0) is 25.8. The number of likely N-dealkylation sites (N-methyl/N-ethyl adjacent to an activating group) is 1. The van der Waals surface area contributed by atoms with E-state index in [0.717, 1.165) is 5.56 Å².